The molecule has 26 heavy (non-hydrogen) atoms. The number of fused-ring (bicyclic) bond motifs is 3. The van der Waals surface area contributed by atoms with Crippen LogP contribution < -0.4 is 10.6 Å². The number of amides is 1. The molecule has 0 saturated carbocycles. The molecule has 2 aromatic carbocycles. The Bertz CT molecular complexity index is 889. The number of anilines is 2. The minimum atomic E-state index is -0.0315. The summed E-state index contributed by atoms with van der Waals surface area (Å²) in [5, 5.41) is 6.72. The van der Waals surface area contributed by atoms with Gasteiger partial charge < -0.3 is 10.6 Å². The average molecular weight is 346 g/mol. The van der Waals surface area contributed by atoms with Crippen LogP contribution in [0.15, 0.2) is 42.5 Å². The summed E-state index contributed by atoms with van der Waals surface area (Å²) in [6.45, 7) is 8.17. The zero-order valence-electron chi connectivity index (χ0n) is 15.9. The summed E-state index contributed by atoms with van der Waals surface area (Å²) in [7, 11) is 0. The highest BCUT2D eigenvalue weighted by atomic mass is 16.1. The monoisotopic (exact) mass is 346 g/mol. The molecule has 3 nitrogen and oxygen atoms in total. The largest absolute Gasteiger partial charge is 0.378 e. The third-order valence-corrected chi connectivity index (χ3v) is 5.73. The lowest BCUT2D eigenvalue weighted by atomic mass is 9.75. The smallest absolute Gasteiger partial charge is 0.221 e. The number of hydrogen-bond donors (Lipinski definition) is 2. The van der Waals surface area contributed by atoms with E-state index in [9.17, 15) is 4.79 Å². The molecule has 2 aliphatic rings. The van der Waals surface area contributed by atoms with Gasteiger partial charge in [0.2, 0.25) is 5.91 Å². The average Bonchev–Trinajstić information content (AvgIpc) is 3.03. The van der Waals surface area contributed by atoms with E-state index < -0.39 is 0 Å². The molecular weight excluding hydrogens is 320 g/mol. The Hall–Kier alpha value is -2.55. The van der Waals surface area contributed by atoms with Crippen molar-refractivity contribution >= 4 is 17.3 Å². The number of aryl methyl sites for hydroxylation is 3. The van der Waals surface area contributed by atoms with Gasteiger partial charge in [0, 0.05) is 24.2 Å². The van der Waals surface area contributed by atoms with Gasteiger partial charge in [-0.2, -0.15) is 0 Å². The molecule has 0 spiro atoms. The first-order valence-electron chi connectivity index (χ1n) is 9.36. The number of carbonyl (C=O) groups excluding carboxylic acids is 1. The lowest BCUT2D eigenvalue weighted by Crippen LogP contribution is -2.30. The molecule has 3 heteroatoms. The quantitative estimate of drug-likeness (QED) is 0.715. The second-order valence-corrected chi connectivity index (χ2v) is 7.77. The first kappa shape index (κ1) is 16.9. The standard InChI is InChI=1S/C23H26N2O/c1-13-10-14(2)22(15(3)11-13)23-19-7-5-6-18(19)20-12-17(24-16(4)26)8-9-21(20)25-23/h5-6,8-12,18-19,23,25H,7H2,1-4H3,(H,24,26). The summed E-state index contributed by atoms with van der Waals surface area (Å²) >= 11 is 0. The van der Waals surface area contributed by atoms with Gasteiger partial charge in [-0.3, -0.25) is 4.79 Å². The second kappa shape index (κ2) is 6.31. The molecule has 0 fully saturated rings. The lowest BCUT2D eigenvalue weighted by Gasteiger charge is -2.39. The molecule has 4 rings (SSSR count). The van der Waals surface area contributed by atoms with Crippen molar-refractivity contribution in [1.29, 1.82) is 0 Å². The Balaban J connectivity index is 1.77. The normalized spacial score (nSPS) is 23.2. The van der Waals surface area contributed by atoms with Gasteiger partial charge in [0.05, 0.1) is 6.04 Å². The van der Waals surface area contributed by atoms with E-state index in [0.29, 0.717) is 17.9 Å². The third kappa shape index (κ3) is 2.82. The van der Waals surface area contributed by atoms with Crippen LogP contribution in [0, 0.1) is 26.7 Å². The third-order valence-electron chi connectivity index (χ3n) is 5.73. The Kier molecular flexibility index (Phi) is 4.10. The predicted octanol–water partition coefficient (Wildman–Crippen LogP) is 5.40. The number of nitrogens with one attached hydrogen (secondary N) is 2. The van der Waals surface area contributed by atoms with Crippen molar-refractivity contribution in [3.05, 3.63) is 70.3 Å². The van der Waals surface area contributed by atoms with Crippen LogP contribution in [0.5, 0.6) is 0 Å². The second-order valence-electron chi connectivity index (χ2n) is 7.77. The Morgan fingerprint density at radius 2 is 1.85 bits per heavy atom. The van der Waals surface area contributed by atoms with Gasteiger partial charge in [-0.15, -0.1) is 0 Å². The van der Waals surface area contributed by atoms with E-state index in [1.54, 1.807) is 6.92 Å². The summed E-state index contributed by atoms with van der Waals surface area (Å²) in [6, 6.07) is 11.1. The maximum absolute atomic E-state index is 11.4. The number of rotatable bonds is 2. The number of hydrogen-bond acceptors (Lipinski definition) is 2. The van der Waals surface area contributed by atoms with Crippen LogP contribution in [0.1, 0.15) is 53.1 Å². The summed E-state index contributed by atoms with van der Waals surface area (Å²) in [4.78, 5) is 11.4. The highest BCUT2D eigenvalue weighted by Gasteiger charge is 2.39. The fourth-order valence-electron chi connectivity index (χ4n) is 4.84. The van der Waals surface area contributed by atoms with Crippen molar-refractivity contribution in [1.82, 2.24) is 0 Å². The zero-order valence-corrected chi connectivity index (χ0v) is 15.9. The Morgan fingerprint density at radius 3 is 2.54 bits per heavy atom. The van der Waals surface area contributed by atoms with Crippen molar-refractivity contribution in [2.75, 3.05) is 10.6 Å². The van der Waals surface area contributed by atoms with Gasteiger partial charge >= 0.3 is 0 Å². The summed E-state index contributed by atoms with van der Waals surface area (Å²) in [5.74, 6) is 0.872. The van der Waals surface area contributed by atoms with E-state index in [1.807, 2.05) is 6.07 Å². The van der Waals surface area contributed by atoms with Crippen LogP contribution in [0.3, 0.4) is 0 Å². The van der Waals surface area contributed by atoms with E-state index in [-0.39, 0.29) is 5.91 Å². The fourth-order valence-corrected chi connectivity index (χ4v) is 4.84. The van der Waals surface area contributed by atoms with Crippen LogP contribution in [0.2, 0.25) is 0 Å². The van der Waals surface area contributed by atoms with Gasteiger partial charge in [0.1, 0.15) is 0 Å². The number of carbonyl (C=O) groups is 1. The van der Waals surface area contributed by atoms with Crippen molar-refractivity contribution in [2.45, 2.75) is 46.1 Å². The molecule has 0 radical (unpaired) electrons. The van der Waals surface area contributed by atoms with E-state index in [0.717, 1.165) is 12.1 Å². The zero-order chi connectivity index (χ0) is 18.4. The molecule has 0 bridgehead atoms. The van der Waals surface area contributed by atoms with Gasteiger partial charge in [0.25, 0.3) is 0 Å². The van der Waals surface area contributed by atoms with Gasteiger partial charge in [0.15, 0.2) is 0 Å². The number of allylic oxidation sites excluding steroid dienone is 2. The summed E-state index contributed by atoms with van der Waals surface area (Å²) < 4.78 is 0. The molecule has 0 aromatic heterocycles. The SMILES string of the molecule is CC(=O)Nc1ccc2c(c1)C1C=CCC1C(c1c(C)cc(C)cc1C)N2. The first-order valence-corrected chi connectivity index (χ1v) is 9.36. The van der Waals surface area contributed by atoms with Crippen LogP contribution >= 0.6 is 0 Å². The lowest BCUT2D eigenvalue weighted by molar-refractivity contribution is -0.114. The molecule has 1 aliphatic heterocycles. The van der Waals surface area contributed by atoms with E-state index in [4.69, 9.17) is 0 Å². The van der Waals surface area contributed by atoms with Gasteiger partial charge in [-0.25, -0.2) is 0 Å². The Labute approximate surface area is 155 Å². The number of benzene rings is 2. The molecule has 2 N–H and O–H groups in total. The first-order chi connectivity index (χ1) is 12.4. The van der Waals surface area contributed by atoms with Gasteiger partial charge in [-0.1, -0.05) is 29.8 Å². The summed E-state index contributed by atoms with van der Waals surface area (Å²) in [6.07, 6.45) is 5.73. The van der Waals surface area contributed by atoms with Crippen molar-refractivity contribution in [2.24, 2.45) is 5.92 Å². The minimum absolute atomic E-state index is 0.0315. The highest BCUT2D eigenvalue weighted by Crippen LogP contribution is 2.51. The topological polar surface area (TPSA) is 41.1 Å². The van der Waals surface area contributed by atoms with Crippen molar-refractivity contribution < 1.29 is 4.79 Å². The molecule has 2 aromatic rings. The molecular formula is C23H26N2O. The van der Waals surface area contributed by atoms with Crippen LogP contribution in [-0.4, -0.2) is 5.91 Å². The molecule has 3 unspecified atom stereocenters. The molecule has 1 amide bonds. The van der Waals surface area contributed by atoms with Crippen molar-refractivity contribution in [3.63, 3.8) is 0 Å². The van der Waals surface area contributed by atoms with Crippen LogP contribution in [0.25, 0.3) is 0 Å². The molecule has 1 heterocycles. The molecule has 134 valence electrons. The fraction of sp³-hybridized carbons (Fsp3) is 0.348. The van der Waals surface area contributed by atoms with Crippen LogP contribution in [0.4, 0.5) is 11.4 Å². The van der Waals surface area contributed by atoms with E-state index in [2.05, 4.69) is 67.8 Å². The predicted molar refractivity (Wildman–Crippen MR) is 108 cm³/mol. The minimum Gasteiger partial charge on any atom is -0.378 e. The molecule has 3 atom stereocenters. The summed E-state index contributed by atoms with van der Waals surface area (Å²) in [5.41, 5.74) is 8.82. The van der Waals surface area contributed by atoms with E-state index in [1.165, 1.54) is 33.5 Å². The molecule has 1 aliphatic carbocycles. The van der Waals surface area contributed by atoms with Gasteiger partial charge in [-0.05, 0) is 73.6 Å². The molecule has 0 saturated heterocycles. The van der Waals surface area contributed by atoms with Crippen LogP contribution in [-0.2, 0) is 4.79 Å². The Morgan fingerprint density at radius 1 is 1.12 bits per heavy atom. The maximum Gasteiger partial charge on any atom is 0.221 e. The van der Waals surface area contributed by atoms with Crippen molar-refractivity contribution in [3.8, 4) is 0 Å². The van der Waals surface area contributed by atoms with E-state index >= 15 is 0 Å². The highest BCUT2D eigenvalue weighted by molar-refractivity contribution is 5.89. The maximum atomic E-state index is 11.4.